The summed E-state index contributed by atoms with van der Waals surface area (Å²) in [5, 5.41) is 4.91. The van der Waals surface area contributed by atoms with Gasteiger partial charge in [-0.3, -0.25) is 9.13 Å². The maximum atomic E-state index is 5.56. The van der Waals surface area contributed by atoms with Crippen LogP contribution in [-0.2, 0) is 0 Å². The first-order valence-corrected chi connectivity index (χ1v) is 19.0. The average Bonchev–Trinajstić information content (AvgIpc) is 3.87. The van der Waals surface area contributed by atoms with Crippen LogP contribution in [0.15, 0.2) is 140 Å². The summed E-state index contributed by atoms with van der Waals surface area (Å²) in [5.41, 5.74) is 14.9. The molecule has 0 amide bonds. The molecule has 6 aromatic carbocycles. The van der Waals surface area contributed by atoms with Gasteiger partial charge in [0.1, 0.15) is 11.6 Å². The molecule has 5 nitrogen and oxygen atoms in total. The van der Waals surface area contributed by atoms with Crippen LogP contribution < -0.4 is 0 Å². The number of para-hydroxylation sites is 4. The lowest BCUT2D eigenvalue weighted by molar-refractivity contribution is 0.837. The normalized spacial score (nSPS) is 12.1. The minimum absolute atomic E-state index is 0.342. The Morgan fingerprint density at radius 2 is 1.37 bits per heavy atom. The van der Waals surface area contributed by atoms with Crippen LogP contribution in [0.3, 0.4) is 0 Å². The Morgan fingerprint density at radius 3 is 2.19 bits per heavy atom. The third-order valence-corrected chi connectivity index (χ3v) is 11.1. The largest absolute Gasteiger partial charge is 0.354 e. The number of benzene rings is 6. The molecule has 0 atom stereocenters. The van der Waals surface area contributed by atoms with E-state index < -0.39 is 0 Å². The molecule has 0 saturated heterocycles. The molecule has 0 fully saturated rings. The van der Waals surface area contributed by atoms with Crippen LogP contribution in [0.5, 0.6) is 0 Å². The molecule has 5 heteroatoms. The highest BCUT2D eigenvalue weighted by molar-refractivity contribution is 6.13. The van der Waals surface area contributed by atoms with Crippen LogP contribution in [0.1, 0.15) is 56.2 Å². The number of fused-ring (bicyclic) bond motifs is 7. The van der Waals surface area contributed by atoms with Gasteiger partial charge in [0.15, 0.2) is 0 Å². The van der Waals surface area contributed by atoms with Crippen molar-refractivity contribution in [1.82, 2.24) is 24.1 Å². The molecule has 4 aromatic heterocycles. The van der Waals surface area contributed by atoms with Crippen molar-refractivity contribution in [2.24, 2.45) is 0 Å². The molecule has 54 heavy (non-hydrogen) atoms. The maximum absolute atomic E-state index is 5.56. The summed E-state index contributed by atoms with van der Waals surface area (Å²) in [5.74, 6) is 2.60. The molecular weight excluding hydrogens is 659 g/mol. The highest BCUT2D eigenvalue weighted by Crippen LogP contribution is 2.42. The van der Waals surface area contributed by atoms with Crippen molar-refractivity contribution in [1.29, 1.82) is 0 Å². The summed E-state index contributed by atoms with van der Waals surface area (Å²) in [7, 11) is 0. The second-order valence-corrected chi connectivity index (χ2v) is 15.3. The number of H-pyrrole nitrogens is 1. The first-order chi connectivity index (χ1) is 26.4. The fourth-order valence-corrected chi connectivity index (χ4v) is 8.43. The molecular formula is C49H41N5. The minimum atomic E-state index is 0.342. The van der Waals surface area contributed by atoms with Gasteiger partial charge in [0.25, 0.3) is 0 Å². The molecule has 0 aliphatic heterocycles. The fourth-order valence-electron chi connectivity index (χ4n) is 8.43. The lowest BCUT2D eigenvalue weighted by Crippen LogP contribution is -2.02. The second-order valence-electron chi connectivity index (χ2n) is 15.3. The van der Waals surface area contributed by atoms with Gasteiger partial charge in [-0.15, -0.1) is 0 Å². The van der Waals surface area contributed by atoms with Crippen molar-refractivity contribution in [2.45, 2.75) is 46.5 Å². The van der Waals surface area contributed by atoms with Gasteiger partial charge in [-0.2, -0.15) is 0 Å². The summed E-state index contributed by atoms with van der Waals surface area (Å²) in [6.45, 7) is 11.3. The quantitative estimate of drug-likeness (QED) is 0.188. The summed E-state index contributed by atoms with van der Waals surface area (Å²) in [4.78, 5) is 14.3. The molecule has 0 aliphatic rings. The van der Waals surface area contributed by atoms with E-state index in [2.05, 4.69) is 182 Å². The summed E-state index contributed by atoms with van der Waals surface area (Å²) in [6.07, 6.45) is 1.93. The Balaban J connectivity index is 1.27. The van der Waals surface area contributed by atoms with E-state index in [1.165, 1.54) is 43.8 Å². The van der Waals surface area contributed by atoms with Crippen molar-refractivity contribution < 1.29 is 0 Å². The molecule has 0 bridgehead atoms. The fraction of sp³-hybridized carbons (Fsp3) is 0.143. The SMILES string of the molecule is Cc1ccnc(-n2c3cc(-c4cccc5c4nc(-c4cccc6c4[nH]c4ccccc46)n5-c4ccccc4)ccc3c3cc(C(C)C)cc(C(C)C)c32)c1. The van der Waals surface area contributed by atoms with Crippen LogP contribution in [0.4, 0.5) is 0 Å². The number of rotatable bonds is 6. The van der Waals surface area contributed by atoms with Crippen molar-refractivity contribution in [3.63, 3.8) is 0 Å². The van der Waals surface area contributed by atoms with E-state index in [-0.39, 0.29) is 0 Å². The van der Waals surface area contributed by atoms with E-state index in [4.69, 9.17) is 9.97 Å². The Bertz CT molecular complexity index is 3060. The number of nitrogens with zero attached hydrogens (tertiary/aromatic N) is 4. The molecule has 0 aliphatic carbocycles. The number of imidazole rings is 1. The van der Waals surface area contributed by atoms with Gasteiger partial charge in [-0.25, -0.2) is 9.97 Å². The molecule has 4 heterocycles. The lowest BCUT2D eigenvalue weighted by Gasteiger charge is -2.16. The second kappa shape index (κ2) is 12.3. The summed E-state index contributed by atoms with van der Waals surface area (Å²) < 4.78 is 4.71. The third-order valence-electron chi connectivity index (χ3n) is 11.1. The molecule has 262 valence electrons. The van der Waals surface area contributed by atoms with Gasteiger partial charge < -0.3 is 4.98 Å². The zero-order chi connectivity index (χ0) is 36.7. The van der Waals surface area contributed by atoms with Gasteiger partial charge in [-0.05, 0) is 95.6 Å². The number of aromatic nitrogens is 5. The highest BCUT2D eigenvalue weighted by Gasteiger charge is 2.23. The summed E-state index contributed by atoms with van der Waals surface area (Å²) in [6, 6.07) is 48.3. The topological polar surface area (TPSA) is 51.4 Å². The average molecular weight is 700 g/mol. The Labute approximate surface area is 314 Å². The number of aryl methyl sites for hydroxylation is 1. The Kier molecular flexibility index (Phi) is 7.34. The standard InChI is InChI=1S/C49H41N5/c1-29(2)33-26-40(30(3)4)48-41(27-33)37-22-21-32(28-44(37)54(48)45-25-31(5)23-24-50-45)35-16-12-20-43-47(35)52-49(53(43)34-13-7-6-8-14-34)39-18-11-17-38-36-15-9-10-19-42(36)51-46(38)39/h6-30,51H,1-5H3. The monoisotopic (exact) mass is 699 g/mol. The van der Waals surface area contributed by atoms with E-state index >= 15 is 0 Å². The number of hydrogen-bond acceptors (Lipinski definition) is 2. The number of pyridine rings is 1. The number of hydrogen-bond donors (Lipinski definition) is 1. The summed E-state index contributed by atoms with van der Waals surface area (Å²) >= 11 is 0. The van der Waals surface area contributed by atoms with Crippen LogP contribution in [0, 0.1) is 6.92 Å². The molecule has 0 saturated carbocycles. The van der Waals surface area contributed by atoms with E-state index in [1.54, 1.807) is 0 Å². The van der Waals surface area contributed by atoms with E-state index in [1.807, 2.05) is 6.20 Å². The van der Waals surface area contributed by atoms with Gasteiger partial charge in [0, 0.05) is 50.1 Å². The number of nitrogens with one attached hydrogen (secondary N) is 1. The molecule has 1 N–H and O–H groups in total. The van der Waals surface area contributed by atoms with E-state index in [9.17, 15) is 0 Å². The molecule has 0 unspecified atom stereocenters. The minimum Gasteiger partial charge on any atom is -0.354 e. The van der Waals surface area contributed by atoms with Gasteiger partial charge >= 0.3 is 0 Å². The molecule has 10 aromatic rings. The van der Waals surface area contributed by atoms with Crippen molar-refractivity contribution in [3.8, 4) is 34.0 Å². The smallest absolute Gasteiger partial charge is 0.147 e. The van der Waals surface area contributed by atoms with Crippen LogP contribution in [0.25, 0.3) is 88.7 Å². The van der Waals surface area contributed by atoms with Crippen molar-refractivity contribution in [3.05, 3.63) is 156 Å². The lowest BCUT2D eigenvalue weighted by atomic mass is 9.92. The van der Waals surface area contributed by atoms with Crippen LogP contribution in [-0.4, -0.2) is 24.1 Å². The molecule has 0 radical (unpaired) electrons. The molecule has 0 spiro atoms. The van der Waals surface area contributed by atoms with E-state index in [0.717, 1.165) is 61.6 Å². The number of aromatic amines is 1. The highest BCUT2D eigenvalue weighted by atomic mass is 15.1. The predicted octanol–water partition coefficient (Wildman–Crippen LogP) is 13.0. The predicted molar refractivity (Wildman–Crippen MR) is 226 cm³/mol. The first kappa shape index (κ1) is 32.2. The Morgan fingerprint density at radius 1 is 0.593 bits per heavy atom. The zero-order valence-electron chi connectivity index (χ0n) is 31.2. The van der Waals surface area contributed by atoms with Gasteiger partial charge in [-0.1, -0.05) is 107 Å². The Hall–Kier alpha value is -6.46. The van der Waals surface area contributed by atoms with Crippen molar-refractivity contribution >= 4 is 54.6 Å². The van der Waals surface area contributed by atoms with Gasteiger partial charge in [0.05, 0.1) is 27.6 Å². The molecule has 10 rings (SSSR count). The van der Waals surface area contributed by atoms with Crippen molar-refractivity contribution in [2.75, 3.05) is 0 Å². The first-order valence-electron chi connectivity index (χ1n) is 19.0. The van der Waals surface area contributed by atoms with Gasteiger partial charge in [0.2, 0.25) is 0 Å². The van der Waals surface area contributed by atoms with Crippen LogP contribution in [0.2, 0.25) is 0 Å². The van der Waals surface area contributed by atoms with E-state index in [0.29, 0.717) is 11.8 Å². The maximum Gasteiger partial charge on any atom is 0.147 e. The zero-order valence-corrected chi connectivity index (χ0v) is 31.2. The van der Waals surface area contributed by atoms with Crippen LogP contribution >= 0.6 is 0 Å². The third kappa shape index (κ3) is 4.92.